The van der Waals surface area contributed by atoms with Crippen LogP contribution in [0.4, 0.5) is 5.69 Å². The highest BCUT2D eigenvalue weighted by Crippen LogP contribution is 2.30. The topological polar surface area (TPSA) is 73.0 Å². The van der Waals surface area contributed by atoms with Crippen molar-refractivity contribution in [1.29, 1.82) is 0 Å². The number of pyridine rings is 1. The highest BCUT2D eigenvalue weighted by molar-refractivity contribution is 6.35. The molecule has 0 radical (unpaired) electrons. The standard InChI is InChI=1S/C19H14Cl2N4O2/c1-11-18-15(16-3-2-6-27-16)4-5-22-19(18)25(24-11)10-17(26)23-14-8-12(20)7-13(21)9-14/h2-9H,10H2,1H3,(H,23,26). The summed E-state index contributed by atoms with van der Waals surface area (Å²) in [6, 6.07) is 10.4. The first-order valence-corrected chi connectivity index (χ1v) is 8.89. The van der Waals surface area contributed by atoms with E-state index in [0.29, 0.717) is 21.4 Å². The fourth-order valence-corrected chi connectivity index (χ4v) is 3.52. The highest BCUT2D eigenvalue weighted by Gasteiger charge is 2.17. The van der Waals surface area contributed by atoms with Crippen molar-refractivity contribution >= 4 is 45.8 Å². The van der Waals surface area contributed by atoms with Gasteiger partial charge in [0.15, 0.2) is 5.65 Å². The van der Waals surface area contributed by atoms with E-state index >= 15 is 0 Å². The number of anilines is 1. The summed E-state index contributed by atoms with van der Waals surface area (Å²) < 4.78 is 7.07. The number of halogens is 2. The number of aryl methyl sites for hydroxylation is 1. The fraction of sp³-hybridized carbons (Fsp3) is 0.105. The Kier molecular flexibility index (Phi) is 4.59. The molecule has 4 rings (SSSR count). The van der Waals surface area contributed by atoms with E-state index in [1.54, 1.807) is 35.3 Å². The number of hydrogen-bond donors (Lipinski definition) is 1. The molecule has 1 N–H and O–H groups in total. The maximum absolute atomic E-state index is 12.5. The molecule has 0 saturated carbocycles. The van der Waals surface area contributed by atoms with E-state index in [1.807, 2.05) is 25.1 Å². The zero-order chi connectivity index (χ0) is 19.0. The quantitative estimate of drug-likeness (QED) is 0.526. The molecular weight excluding hydrogens is 387 g/mol. The molecule has 1 aromatic carbocycles. The van der Waals surface area contributed by atoms with Gasteiger partial charge in [-0.15, -0.1) is 0 Å². The molecule has 0 aliphatic carbocycles. The maximum Gasteiger partial charge on any atom is 0.246 e. The molecule has 3 heterocycles. The smallest absolute Gasteiger partial charge is 0.246 e. The molecule has 0 aliphatic rings. The Morgan fingerprint density at radius 1 is 1.22 bits per heavy atom. The molecule has 4 aromatic rings. The van der Waals surface area contributed by atoms with Gasteiger partial charge in [-0.05, 0) is 43.3 Å². The van der Waals surface area contributed by atoms with Crippen molar-refractivity contribution < 1.29 is 9.21 Å². The van der Waals surface area contributed by atoms with Gasteiger partial charge in [0.1, 0.15) is 12.3 Å². The Morgan fingerprint density at radius 3 is 2.70 bits per heavy atom. The second-order valence-corrected chi connectivity index (χ2v) is 6.86. The Balaban J connectivity index is 1.64. The Hall–Kier alpha value is -2.83. The lowest BCUT2D eigenvalue weighted by molar-refractivity contribution is -0.116. The van der Waals surface area contributed by atoms with Crippen molar-refractivity contribution in [3.05, 3.63) is 64.6 Å². The van der Waals surface area contributed by atoms with Crippen LogP contribution in [0.1, 0.15) is 5.69 Å². The third-order valence-electron chi connectivity index (χ3n) is 4.03. The Morgan fingerprint density at radius 2 is 2.00 bits per heavy atom. The second-order valence-electron chi connectivity index (χ2n) is 5.98. The third kappa shape index (κ3) is 3.54. The van der Waals surface area contributed by atoms with E-state index in [2.05, 4.69) is 15.4 Å². The van der Waals surface area contributed by atoms with Gasteiger partial charge in [-0.25, -0.2) is 9.67 Å². The maximum atomic E-state index is 12.5. The van der Waals surface area contributed by atoms with Gasteiger partial charge in [-0.1, -0.05) is 23.2 Å². The van der Waals surface area contributed by atoms with Crippen molar-refractivity contribution in [3.63, 3.8) is 0 Å². The van der Waals surface area contributed by atoms with Crippen LogP contribution in [0.2, 0.25) is 10.0 Å². The van der Waals surface area contributed by atoms with Crippen molar-refractivity contribution in [2.24, 2.45) is 0 Å². The summed E-state index contributed by atoms with van der Waals surface area (Å²) in [4.78, 5) is 16.9. The van der Waals surface area contributed by atoms with Crippen LogP contribution < -0.4 is 5.32 Å². The van der Waals surface area contributed by atoms with Crippen LogP contribution in [0.3, 0.4) is 0 Å². The molecule has 1 amide bonds. The average Bonchev–Trinajstić information content (AvgIpc) is 3.23. The van der Waals surface area contributed by atoms with E-state index in [9.17, 15) is 4.79 Å². The van der Waals surface area contributed by atoms with Crippen LogP contribution in [-0.2, 0) is 11.3 Å². The van der Waals surface area contributed by atoms with Crippen molar-refractivity contribution in [2.75, 3.05) is 5.32 Å². The SMILES string of the molecule is Cc1nn(CC(=O)Nc2cc(Cl)cc(Cl)c2)c2nccc(-c3ccco3)c12. The van der Waals surface area contributed by atoms with Gasteiger partial charge in [0, 0.05) is 27.5 Å². The molecule has 0 aliphatic heterocycles. The minimum Gasteiger partial charge on any atom is -0.464 e. The van der Waals surface area contributed by atoms with E-state index in [1.165, 1.54) is 0 Å². The number of nitrogens with zero attached hydrogens (tertiary/aromatic N) is 3. The normalized spacial score (nSPS) is 11.1. The van der Waals surface area contributed by atoms with E-state index in [-0.39, 0.29) is 12.5 Å². The molecule has 8 heteroatoms. The number of furan rings is 1. The number of aromatic nitrogens is 3. The van der Waals surface area contributed by atoms with E-state index in [4.69, 9.17) is 27.6 Å². The zero-order valence-corrected chi connectivity index (χ0v) is 15.8. The first-order chi connectivity index (χ1) is 13.0. The van der Waals surface area contributed by atoms with E-state index in [0.717, 1.165) is 22.4 Å². The largest absolute Gasteiger partial charge is 0.464 e. The molecule has 136 valence electrons. The molecule has 0 atom stereocenters. The summed E-state index contributed by atoms with van der Waals surface area (Å²) in [5.41, 5.74) is 2.79. The minimum atomic E-state index is -0.261. The highest BCUT2D eigenvalue weighted by atomic mass is 35.5. The fourth-order valence-electron chi connectivity index (χ4n) is 2.99. The monoisotopic (exact) mass is 400 g/mol. The van der Waals surface area contributed by atoms with Crippen molar-refractivity contribution in [3.8, 4) is 11.3 Å². The Labute approximate surface area is 164 Å². The number of rotatable bonds is 4. The van der Waals surface area contributed by atoms with Gasteiger partial charge in [-0.3, -0.25) is 4.79 Å². The molecule has 27 heavy (non-hydrogen) atoms. The molecular formula is C19H14Cl2N4O2. The molecule has 0 saturated heterocycles. The number of fused-ring (bicyclic) bond motifs is 1. The number of nitrogens with one attached hydrogen (secondary N) is 1. The van der Waals surface area contributed by atoms with Crippen molar-refractivity contribution in [1.82, 2.24) is 14.8 Å². The third-order valence-corrected chi connectivity index (χ3v) is 4.47. The summed E-state index contributed by atoms with van der Waals surface area (Å²) in [6.07, 6.45) is 3.29. The lowest BCUT2D eigenvalue weighted by atomic mass is 10.1. The van der Waals surface area contributed by atoms with Crippen molar-refractivity contribution in [2.45, 2.75) is 13.5 Å². The number of carbonyl (C=O) groups excluding carboxylic acids is 1. The Bertz CT molecular complexity index is 1120. The van der Waals surface area contributed by atoms with Gasteiger partial charge in [0.05, 0.1) is 17.3 Å². The van der Waals surface area contributed by atoms with Gasteiger partial charge < -0.3 is 9.73 Å². The van der Waals surface area contributed by atoms with Crippen LogP contribution in [0.15, 0.2) is 53.3 Å². The van der Waals surface area contributed by atoms with Gasteiger partial charge in [0.2, 0.25) is 5.91 Å². The lowest BCUT2D eigenvalue weighted by Gasteiger charge is -2.07. The summed E-state index contributed by atoms with van der Waals surface area (Å²) in [5.74, 6) is 0.464. The number of amides is 1. The first kappa shape index (κ1) is 17.6. The molecule has 0 unspecified atom stereocenters. The second kappa shape index (κ2) is 7.06. The zero-order valence-electron chi connectivity index (χ0n) is 14.2. The average molecular weight is 401 g/mol. The molecule has 3 aromatic heterocycles. The molecule has 0 bridgehead atoms. The number of carbonyl (C=O) groups is 1. The van der Waals surface area contributed by atoms with Gasteiger partial charge in [-0.2, -0.15) is 5.10 Å². The van der Waals surface area contributed by atoms with Crippen LogP contribution in [-0.4, -0.2) is 20.7 Å². The summed E-state index contributed by atoms with van der Waals surface area (Å²) in [6.45, 7) is 1.88. The predicted molar refractivity (Wildman–Crippen MR) is 105 cm³/mol. The summed E-state index contributed by atoms with van der Waals surface area (Å²) in [7, 11) is 0. The van der Waals surface area contributed by atoms with Crippen LogP contribution in [0.25, 0.3) is 22.4 Å². The minimum absolute atomic E-state index is 0.00306. The summed E-state index contributed by atoms with van der Waals surface area (Å²) >= 11 is 11.9. The van der Waals surface area contributed by atoms with E-state index < -0.39 is 0 Å². The van der Waals surface area contributed by atoms with Crippen LogP contribution in [0.5, 0.6) is 0 Å². The number of benzene rings is 1. The van der Waals surface area contributed by atoms with Crippen LogP contribution in [0, 0.1) is 6.92 Å². The summed E-state index contributed by atoms with van der Waals surface area (Å²) in [5, 5.41) is 9.00. The molecule has 6 nitrogen and oxygen atoms in total. The van der Waals surface area contributed by atoms with Crippen LogP contribution >= 0.6 is 23.2 Å². The lowest BCUT2D eigenvalue weighted by Crippen LogP contribution is -2.19. The first-order valence-electron chi connectivity index (χ1n) is 8.13. The predicted octanol–water partition coefficient (Wildman–Crippen LogP) is 4.95. The number of hydrogen-bond acceptors (Lipinski definition) is 4. The molecule has 0 fully saturated rings. The van der Waals surface area contributed by atoms with Gasteiger partial charge >= 0.3 is 0 Å². The molecule has 0 spiro atoms. The van der Waals surface area contributed by atoms with Gasteiger partial charge in [0.25, 0.3) is 0 Å².